The highest BCUT2D eigenvalue weighted by Crippen LogP contribution is 2.32. The fraction of sp³-hybridized carbons (Fsp3) is 0.417. The highest BCUT2D eigenvalue weighted by molar-refractivity contribution is 5.58. The second-order valence-corrected chi connectivity index (χ2v) is 4.02. The second-order valence-electron chi connectivity index (χ2n) is 4.02. The van der Waals surface area contributed by atoms with Gasteiger partial charge < -0.3 is 9.64 Å². The fourth-order valence-electron chi connectivity index (χ4n) is 2.10. The molecule has 0 aliphatic carbocycles. The molecule has 0 atom stereocenters. The van der Waals surface area contributed by atoms with Crippen molar-refractivity contribution in [2.24, 2.45) is 0 Å². The molecule has 0 fully saturated rings. The minimum atomic E-state index is -4.67. The SMILES string of the molecule is N#CCN1CCCc2cc(OC(F)(F)F)ccc21. The number of anilines is 1. The number of halogens is 3. The van der Waals surface area contributed by atoms with Gasteiger partial charge in [0.2, 0.25) is 0 Å². The van der Waals surface area contributed by atoms with E-state index < -0.39 is 6.36 Å². The Hall–Kier alpha value is -1.90. The van der Waals surface area contributed by atoms with Gasteiger partial charge in [-0.1, -0.05) is 0 Å². The molecule has 1 heterocycles. The van der Waals surface area contributed by atoms with Crippen molar-refractivity contribution >= 4 is 5.69 Å². The molecule has 2 rings (SSSR count). The Balaban J connectivity index is 2.24. The molecule has 96 valence electrons. The first-order valence-corrected chi connectivity index (χ1v) is 5.50. The maximum absolute atomic E-state index is 12.1. The van der Waals surface area contributed by atoms with E-state index in [1.54, 1.807) is 6.07 Å². The lowest BCUT2D eigenvalue weighted by Crippen LogP contribution is -2.29. The monoisotopic (exact) mass is 256 g/mol. The fourth-order valence-corrected chi connectivity index (χ4v) is 2.10. The van der Waals surface area contributed by atoms with Crippen LogP contribution in [0.5, 0.6) is 5.75 Å². The summed E-state index contributed by atoms with van der Waals surface area (Å²) < 4.78 is 40.2. The average Bonchev–Trinajstić information content (AvgIpc) is 2.27. The topological polar surface area (TPSA) is 36.3 Å². The lowest BCUT2D eigenvalue weighted by molar-refractivity contribution is -0.274. The first kappa shape index (κ1) is 12.6. The molecule has 1 aliphatic rings. The number of nitriles is 1. The van der Waals surface area contributed by atoms with E-state index in [-0.39, 0.29) is 12.3 Å². The van der Waals surface area contributed by atoms with Crippen LogP contribution >= 0.6 is 0 Å². The van der Waals surface area contributed by atoms with Crippen LogP contribution in [0.2, 0.25) is 0 Å². The third kappa shape index (κ3) is 2.86. The summed E-state index contributed by atoms with van der Waals surface area (Å²) in [6.45, 7) is 0.993. The van der Waals surface area contributed by atoms with Crippen LogP contribution in [0.3, 0.4) is 0 Å². The molecule has 0 spiro atoms. The van der Waals surface area contributed by atoms with Gasteiger partial charge in [-0.2, -0.15) is 5.26 Å². The van der Waals surface area contributed by atoms with Gasteiger partial charge in [0.05, 0.1) is 6.07 Å². The molecular weight excluding hydrogens is 245 g/mol. The summed E-state index contributed by atoms with van der Waals surface area (Å²) in [4.78, 5) is 1.86. The van der Waals surface area contributed by atoms with E-state index in [1.165, 1.54) is 12.1 Å². The number of fused-ring (bicyclic) bond motifs is 1. The van der Waals surface area contributed by atoms with Crippen molar-refractivity contribution in [2.75, 3.05) is 18.0 Å². The van der Waals surface area contributed by atoms with E-state index in [0.29, 0.717) is 6.42 Å². The summed E-state index contributed by atoms with van der Waals surface area (Å²) in [7, 11) is 0. The highest BCUT2D eigenvalue weighted by atomic mass is 19.4. The van der Waals surface area contributed by atoms with Crippen LogP contribution in [0, 0.1) is 11.3 Å². The van der Waals surface area contributed by atoms with Crippen molar-refractivity contribution in [2.45, 2.75) is 19.2 Å². The number of nitrogens with zero attached hydrogens (tertiary/aromatic N) is 2. The van der Waals surface area contributed by atoms with E-state index in [4.69, 9.17) is 5.26 Å². The standard InChI is InChI=1S/C12H11F3N2O/c13-12(14,15)18-10-3-4-11-9(8-10)2-1-6-17(11)7-5-16/h3-4,8H,1-2,6-7H2. The number of alkyl halides is 3. The second kappa shape index (κ2) is 4.77. The molecule has 0 bridgehead atoms. The summed E-state index contributed by atoms with van der Waals surface area (Å²) in [6.07, 6.45) is -3.15. The zero-order chi connectivity index (χ0) is 13.2. The Bertz CT molecular complexity index is 479. The maximum atomic E-state index is 12.1. The van der Waals surface area contributed by atoms with Gasteiger partial charge in [0.1, 0.15) is 12.3 Å². The van der Waals surface area contributed by atoms with E-state index in [9.17, 15) is 13.2 Å². The minimum Gasteiger partial charge on any atom is -0.406 e. The van der Waals surface area contributed by atoms with Gasteiger partial charge in [-0.05, 0) is 36.6 Å². The van der Waals surface area contributed by atoms with Crippen molar-refractivity contribution in [1.29, 1.82) is 5.26 Å². The van der Waals surface area contributed by atoms with Crippen LogP contribution in [0.4, 0.5) is 18.9 Å². The third-order valence-corrected chi connectivity index (χ3v) is 2.76. The Labute approximate surface area is 102 Å². The van der Waals surface area contributed by atoms with Crippen LogP contribution in [-0.2, 0) is 6.42 Å². The third-order valence-electron chi connectivity index (χ3n) is 2.76. The van der Waals surface area contributed by atoms with Gasteiger partial charge >= 0.3 is 6.36 Å². The number of hydrogen-bond acceptors (Lipinski definition) is 3. The van der Waals surface area contributed by atoms with Crippen molar-refractivity contribution in [1.82, 2.24) is 0 Å². The Morgan fingerprint density at radius 2 is 2.17 bits per heavy atom. The molecule has 1 aromatic carbocycles. The first-order chi connectivity index (χ1) is 8.49. The van der Waals surface area contributed by atoms with Gasteiger partial charge in [0.15, 0.2) is 0 Å². The number of rotatable bonds is 2. The Morgan fingerprint density at radius 1 is 1.39 bits per heavy atom. The first-order valence-electron chi connectivity index (χ1n) is 5.50. The molecule has 3 nitrogen and oxygen atoms in total. The van der Waals surface area contributed by atoms with E-state index in [2.05, 4.69) is 4.74 Å². The number of ether oxygens (including phenoxy) is 1. The molecule has 18 heavy (non-hydrogen) atoms. The van der Waals surface area contributed by atoms with Crippen molar-refractivity contribution in [3.8, 4) is 11.8 Å². The molecular formula is C12H11F3N2O. The molecule has 0 unspecified atom stereocenters. The minimum absolute atomic E-state index is 0.208. The maximum Gasteiger partial charge on any atom is 0.573 e. The number of hydrogen-bond donors (Lipinski definition) is 0. The Morgan fingerprint density at radius 3 is 2.83 bits per heavy atom. The smallest absolute Gasteiger partial charge is 0.406 e. The van der Waals surface area contributed by atoms with Gasteiger partial charge in [0.25, 0.3) is 0 Å². The molecule has 0 saturated heterocycles. The molecule has 0 amide bonds. The van der Waals surface area contributed by atoms with E-state index >= 15 is 0 Å². The lowest BCUT2D eigenvalue weighted by Gasteiger charge is -2.29. The summed E-state index contributed by atoms with van der Waals surface area (Å²) in [5, 5.41) is 8.69. The summed E-state index contributed by atoms with van der Waals surface area (Å²) >= 11 is 0. The number of benzene rings is 1. The van der Waals surface area contributed by atoms with Crippen molar-refractivity contribution in [3.05, 3.63) is 23.8 Å². The van der Waals surface area contributed by atoms with Crippen LogP contribution in [0.15, 0.2) is 18.2 Å². The van der Waals surface area contributed by atoms with Crippen LogP contribution in [0.1, 0.15) is 12.0 Å². The van der Waals surface area contributed by atoms with Crippen LogP contribution in [0.25, 0.3) is 0 Å². The predicted molar refractivity (Wildman–Crippen MR) is 59.3 cm³/mol. The zero-order valence-electron chi connectivity index (χ0n) is 9.50. The predicted octanol–water partition coefficient (Wildman–Crippen LogP) is 2.86. The molecule has 1 aromatic rings. The summed E-state index contributed by atoms with van der Waals surface area (Å²) in [5.41, 5.74) is 1.61. The van der Waals surface area contributed by atoms with Crippen LogP contribution in [-0.4, -0.2) is 19.5 Å². The lowest BCUT2D eigenvalue weighted by atomic mass is 10.0. The molecule has 0 aromatic heterocycles. The van der Waals surface area contributed by atoms with Gasteiger partial charge in [0, 0.05) is 12.2 Å². The van der Waals surface area contributed by atoms with Crippen LogP contribution < -0.4 is 9.64 Å². The quantitative estimate of drug-likeness (QED) is 0.763. The Kier molecular flexibility index (Phi) is 3.32. The largest absolute Gasteiger partial charge is 0.573 e. The highest BCUT2D eigenvalue weighted by Gasteiger charge is 2.31. The molecule has 6 heteroatoms. The molecule has 0 radical (unpaired) electrons. The van der Waals surface area contributed by atoms with Gasteiger partial charge in [-0.25, -0.2) is 0 Å². The summed E-state index contributed by atoms with van der Waals surface area (Å²) in [6, 6.07) is 6.30. The van der Waals surface area contributed by atoms with Crippen molar-refractivity contribution < 1.29 is 17.9 Å². The molecule has 0 saturated carbocycles. The van der Waals surface area contributed by atoms with E-state index in [0.717, 1.165) is 24.2 Å². The normalized spacial score (nSPS) is 14.9. The average molecular weight is 256 g/mol. The van der Waals surface area contributed by atoms with Gasteiger partial charge in [-0.3, -0.25) is 0 Å². The summed E-state index contributed by atoms with van der Waals surface area (Å²) in [5.74, 6) is -0.208. The zero-order valence-corrected chi connectivity index (χ0v) is 9.50. The number of aryl methyl sites for hydroxylation is 1. The van der Waals surface area contributed by atoms with E-state index in [1.807, 2.05) is 11.0 Å². The van der Waals surface area contributed by atoms with Crippen molar-refractivity contribution in [3.63, 3.8) is 0 Å². The molecule has 1 aliphatic heterocycles. The molecule has 0 N–H and O–H groups in total. The van der Waals surface area contributed by atoms with Gasteiger partial charge in [-0.15, -0.1) is 13.2 Å².